The van der Waals surface area contributed by atoms with Gasteiger partial charge in [-0.1, -0.05) is 0 Å². The van der Waals surface area contributed by atoms with E-state index in [0.717, 1.165) is 17.1 Å². The van der Waals surface area contributed by atoms with E-state index in [0.29, 0.717) is 19.4 Å². The van der Waals surface area contributed by atoms with Crippen LogP contribution in [0.5, 0.6) is 0 Å². The van der Waals surface area contributed by atoms with E-state index in [1.807, 2.05) is 0 Å². The highest BCUT2D eigenvalue weighted by atomic mass is 32.2. The number of carbonyl (C=O) groups is 2. The molecule has 1 saturated heterocycles. The zero-order valence-corrected chi connectivity index (χ0v) is 12.0. The third kappa shape index (κ3) is 3.39. The third-order valence-corrected chi connectivity index (χ3v) is 5.15. The van der Waals surface area contributed by atoms with Crippen molar-refractivity contribution in [3.8, 4) is 0 Å². The van der Waals surface area contributed by atoms with Gasteiger partial charge in [0, 0.05) is 19.3 Å². The Labute approximate surface area is 121 Å². The first-order valence-corrected chi connectivity index (χ1v) is 7.78. The lowest BCUT2D eigenvalue weighted by Crippen LogP contribution is -2.43. The van der Waals surface area contributed by atoms with Crippen LogP contribution in [0.3, 0.4) is 0 Å². The van der Waals surface area contributed by atoms with Crippen molar-refractivity contribution in [3.05, 3.63) is 12.4 Å². The molecule has 1 aliphatic rings. The van der Waals surface area contributed by atoms with E-state index in [4.69, 9.17) is 10.8 Å². The van der Waals surface area contributed by atoms with E-state index in [-0.39, 0.29) is 11.4 Å². The average molecular weight is 316 g/mol. The number of carbonyl (C=O) groups excluding carboxylic acids is 1. The number of hydrogen-bond acceptors (Lipinski definition) is 5. The number of aromatic nitrogens is 2. The van der Waals surface area contributed by atoms with Crippen molar-refractivity contribution in [3.63, 3.8) is 0 Å². The maximum Gasteiger partial charge on any atom is 0.325 e. The van der Waals surface area contributed by atoms with Crippen molar-refractivity contribution >= 4 is 21.9 Å². The molecular formula is C11H16N4O5S. The molecule has 1 fully saturated rings. The monoisotopic (exact) mass is 316 g/mol. The lowest BCUT2D eigenvalue weighted by atomic mass is 9.99. The molecule has 116 valence electrons. The minimum Gasteiger partial charge on any atom is -0.480 e. The number of hydrogen-bond donors (Lipinski definition) is 2. The summed E-state index contributed by atoms with van der Waals surface area (Å²) >= 11 is 0. The number of nitrogens with two attached hydrogens (primary N) is 1. The van der Waals surface area contributed by atoms with Gasteiger partial charge >= 0.3 is 5.97 Å². The summed E-state index contributed by atoms with van der Waals surface area (Å²) in [5.41, 5.74) is 5.23. The molecule has 1 aliphatic heterocycles. The Hall–Kier alpha value is -1.94. The summed E-state index contributed by atoms with van der Waals surface area (Å²) < 4.78 is 27.1. The first-order chi connectivity index (χ1) is 9.80. The van der Waals surface area contributed by atoms with Gasteiger partial charge in [0.1, 0.15) is 11.4 Å². The van der Waals surface area contributed by atoms with Crippen molar-refractivity contribution < 1.29 is 23.1 Å². The van der Waals surface area contributed by atoms with Crippen molar-refractivity contribution in [2.24, 2.45) is 11.7 Å². The summed E-state index contributed by atoms with van der Waals surface area (Å²) in [6, 6.07) is 0. The zero-order valence-electron chi connectivity index (χ0n) is 11.2. The van der Waals surface area contributed by atoms with Crippen LogP contribution in [0.2, 0.25) is 0 Å². The number of primary amides is 1. The number of nitrogens with zero attached hydrogens (tertiary/aromatic N) is 3. The van der Waals surface area contributed by atoms with Crippen LogP contribution < -0.4 is 5.73 Å². The van der Waals surface area contributed by atoms with Crippen molar-refractivity contribution in [1.82, 2.24) is 14.1 Å². The van der Waals surface area contributed by atoms with E-state index < -0.39 is 34.4 Å². The average Bonchev–Trinajstić information content (AvgIpc) is 2.87. The van der Waals surface area contributed by atoms with Crippen LogP contribution in [-0.2, 0) is 26.2 Å². The lowest BCUT2D eigenvalue weighted by Gasteiger charge is -2.29. The fraction of sp³-hybridized carbons (Fsp3) is 0.545. The number of amides is 1. The van der Waals surface area contributed by atoms with Gasteiger partial charge in [-0.15, -0.1) is 0 Å². The molecule has 0 saturated carbocycles. The maximum absolute atomic E-state index is 12.4. The van der Waals surface area contributed by atoms with Crippen LogP contribution in [0.25, 0.3) is 0 Å². The first kappa shape index (κ1) is 15.4. The Morgan fingerprint density at radius 1 is 1.48 bits per heavy atom. The second-order valence-electron chi connectivity index (χ2n) is 4.87. The zero-order chi connectivity index (χ0) is 15.6. The van der Waals surface area contributed by atoms with Gasteiger partial charge in [-0.25, -0.2) is 8.42 Å². The van der Waals surface area contributed by atoms with E-state index in [2.05, 4.69) is 5.10 Å². The van der Waals surface area contributed by atoms with E-state index in [9.17, 15) is 18.0 Å². The van der Waals surface area contributed by atoms with Gasteiger partial charge in [0.2, 0.25) is 15.9 Å². The molecule has 3 N–H and O–H groups in total. The summed E-state index contributed by atoms with van der Waals surface area (Å²) in [6.07, 6.45) is 3.39. The van der Waals surface area contributed by atoms with Crippen LogP contribution in [0.4, 0.5) is 0 Å². The van der Waals surface area contributed by atoms with Gasteiger partial charge in [0.05, 0.1) is 12.1 Å². The van der Waals surface area contributed by atoms with E-state index in [1.165, 1.54) is 4.31 Å². The molecule has 21 heavy (non-hydrogen) atoms. The molecule has 0 aliphatic carbocycles. The predicted octanol–water partition coefficient (Wildman–Crippen LogP) is -1.15. The van der Waals surface area contributed by atoms with Crippen molar-refractivity contribution in [2.75, 3.05) is 13.1 Å². The van der Waals surface area contributed by atoms with Gasteiger partial charge in [0.25, 0.3) is 0 Å². The van der Waals surface area contributed by atoms with E-state index >= 15 is 0 Å². The first-order valence-electron chi connectivity index (χ1n) is 6.34. The van der Waals surface area contributed by atoms with Crippen LogP contribution in [0.1, 0.15) is 12.8 Å². The molecule has 1 unspecified atom stereocenters. The third-order valence-electron chi connectivity index (χ3n) is 3.33. The fourth-order valence-corrected chi connectivity index (χ4v) is 3.72. The summed E-state index contributed by atoms with van der Waals surface area (Å²) in [5.74, 6) is -2.13. The Kier molecular flexibility index (Phi) is 4.28. The molecule has 0 bridgehead atoms. The fourth-order valence-electron chi connectivity index (χ4n) is 2.24. The number of aliphatic carboxylic acids is 1. The largest absolute Gasteiger partial charge is 0.480 e. The molecule has 2 rings (SSSR count). The Morgan fingerprint density at radius 3 is 2.81 bits per heavy atom. The van der Waals surface area contributed by atoms with Gasteiger partial charge < -0.3 is 10.8 Å². The molecule has 0 radical (unpaired) electrons. The number of rotatable bonds is 5. The predicted molar refractivity (Wildman–Crippen MR) is 70.5 cm³/mol. The van der Waals surface area contributed by atoms with Gasteiger partial charge in [-0.3, -0.25) is 14.3 Å². The van der Waals surface area contributed by atoms with Crippen molar-refractivity contribution in [1.29, 1.82) is 0 Å². The molecule has 1 aromatic heterocycles. The molecule has 1 atom stereocenters. The Balaban J connectivity index is 2.19. The highest BCUT2D eigenvalue weighted by Gasteiger charge is 2.33. The maximum atomic E-state index is 12.4. The van der Waals surface area contributed by atoms with Crippen LogP contribution >= 0.6 is 0 Å². The topological polar surface area (TPSA) is 136 Å². The second-order valence-corrected chi connectivity index (χ2v) is 6.81. The number of carboxylic acid groups (broad SMARTS) is 1. The van der Waals surface area contributed by atoms with Crippen LogP contribution in [-0.4, -0.2) is 52.6 Å². The highest BCUT2D eigenvalue weighted by molar-refractivity contribution is 7.89. The van der Waals surface area contributed by atoms with Gasteiger partial charge in [0.15, 0.2) is 0 Å². The highest BCUT2D eigenvalue weighted by Crippen LogP contribution is 2.23. The van der Waals surface area contributed by atoms with Crippen molar-refractivity contribution in [2.45, 2.75) is 24.3 Å². The SMILES string of the molecule is NC(=O)C1CCCN(S(=O)(=O)c2cnn(CC(=O)O)c2)C1. The van der Waals surface area contributed by atoms with Gasteiger partial charge in [-0.05, 0) is 12.8 Å². The van der Waals surface area contributed by atoms with Crippen LogP contribution in [0, 0.1) is 5.92 Å². The molecule has 1 aromatic rings. The van der Waals surface area contributed by atoms with E-state index in [1.54, 1.807) is 0 Å². The lowest BCUT2D eigenvalue weighted by molar-refractivity contribution is -0.137. The minimum absolute atomic E-state index is 0.0434. The summed E-state index contributed by atoms with van der Waals surface area (Å²) in [4.78, 5) is 21.7. The molecular weight excluding hydrogens is 300 g/mol. The molecule has 0 spiro atoms. The molecule has 10 heteroatoms. The standard InChI is InChI=1S/C11H16N4O5S/c12-11(18)8-2-1-3-15(5-8)21(19,20)9-4-13-14(6-9)7-10(16)17/h4,6,8H,1-3,5,7H2,(H2,12,18)(H,16,17). The molecule has 0 aromatic carbocycles. The number of carboxylic acids is 1. The number of piperidine rings is 1. The summed E-state index contributed by atoms with van der Waals surface area (Å²) in [7, 11) is -3.79. The summed E-state index contributed by atoms with van der Waals surface area (Å²) in [6.45, 7) is -0.0720. The molecule has 2 heterocycles. The molecule has 9 nitrogen and oxygen atoms in total. The van der Waals surface area contributed by atoms with Gasteiger partial charge in [-0.2, -0.15) is 9.40 Å². The quantitative estimate of drug-likeness (QED) is 0.704. The Morgan fingerprint density at radius 2 is 2.19 bits per heavy atom. The number of sulfonamides is 1. The normalized spacial score (nSPS) is 20.3. The summed E-state index contributed by atoms with van der Waals surface area (Å²) in [5, 5.41) is 12.4. The second kappa shape index (κ2) is 5.82. The minimum atomic E-state index is -3.79. The Bertz CT molecular complexity index is 653. The molecule has 1 amide bonds. The smallest absolute Gasteiger partial charge is 0.325 e. The van der Waals surface area contributed by atoms with Crippen LogP contribution in [0.15, 0.2) is 17.3 Å².